The van der Waals surface area contributed by atoms with E-state index in [2.05, 4.69) is 34.3 Å². The Morgan fingerprint density at radius 2 is 1.84 bits per heavy atom. The van der Waals surface area contributed by atoms with Gasteiger partial charge in [0.05, 0.1) is 16.7 Å². The summed E-state index contributed by atoms with van der Waals surface area (Å²) in [4.78, 5) is 22.2. The Balaban J connectivity index is 1.66. The monoisotopic (exact) mass is 419 g/mol. The van der Waals surface area contributed by atoms with Crippen molar-refractivity contribution in [3.05, 3.63) is 106 Å². The maximum absolute atomic E-state index is 13.9. The second-order valence-corrected chi connectivity index (χ2v) is 8.10. The Hall–Kier alpha value is -4.12. The molecule has 6 rings (SSSR count). The molecule has 154 valence electrons. The third-order valence-electron chi connectivity index (χ3n) is 6.06. The molecule has 1 aliphatic rings. The highest BCUT2D eigenvalue weighted by Crippen LogP contribution is 2.31. The minimum atomic E-state index is -0.297. The van der Waals surface area contributed by atoms with Gasteiger partial charge in [0.1, 0.15) is 5.82 Å². The number of fused-ring (bicyclic) bond motifs is 4. The summed E-state index contributed by atoms with van der Waals surface area (Å²) in [5.41, 5.74) is 6.71. The molecule has 0 aliphatic heterocycles. The van der Waals surface area contributed by atoms with Gasteiger partial charge < -0.3 is 0 Å². The number of halogens is 1. The fourth-order valence-corrected chi connectivity index (χ4v) is 4.40. The first-order valence-corrected chi connectivity index (χ1v) is 10.5. The predicted molar refractivity (Wildman–Crippen MR) is 126 cm³/mol. The maximum Gasteiger partial charge on any atom is 0.255 e. The predicted octanol–water partition coefficient (Wildman–Crippen LogP) is 5.62. The van der Waals surface area contributed by atoms with Gasteiger partial charge in [-0.2, -0.15) is 0 Å². The second kappa shape index (κ2) is 6.95. The van der Waals surface area contributed by atoms with Crippen LogP contribution in [0.2, 0.25) is 0 Å². The van der Waals surface area contributed by atoms with Gasteiger partial charge in [-0.3, -0.25) is 19.3 Å². The molecule has 0 spiro atoms. The zero-order chi connectivity index (χ0) is 21.8. The summed E-state index contributed by atoms with van der Waals surface area (Å²) in [5.74, 6) is -0.297. The highest BCUT2D eigenvalue weighted by molar-refractivity contribution is 6.05. The number of hydrogen-bond acceptors (Lipinski definition) is 3. The van der Waals surface area contributed by atoms with Crippen LogP contribution in [-0.4, -0.2) is 14.5 Å². The van der Waals surface area contributed by atoms with Crippen LogP contribution in [0.3, 0.4) is 0 Å². The van der Waals surface area contributed by atoms with E-state index in [4.69, 9.17) is 0 Å². The standard InChI is InChI=1S/C27H18FN3O/c1-16-11-21(7-8-23(16)28)31-26(32)10-6-19-14-30-25-9-5-17(13-22(25)27(19)31)20-12-18-3-2-4-24(18)29-15-20/h2-3,5-15H,4H2,1H3. The fraction of sp³-hybridized carbons (Fsp3) is 0.0741. The van der Waals surface area contributed by atoms with Gasteiger partial charge in [0.15, 0.2) is 0 Å². The van der Waals surface area contributed by atoms with Crippen LogP contribution < -0.4 is 5.56 Å². The van der Waals surface area contributed by atoms with Gasteiger partial charge in [0, 0.05) is 46.9 Å². The van der Waals surface area contributed by atoms with E-state index in [1.807, 2.05) is 18.3 Å². The van der Waals surface area contributed by atoms with Crippen molar-refractivity contribution in [3.63, 3.8) is 0 Å². The Bertz CT molecular complexity index is 1650. The molecule has 0 unspecified atom stereocenters. The lowest BCUT2D eigenvalue weighted by Crippen LogP contribution is -2.18. The molecule has 1 aliphatic carbocycles. The molecule has 0 saturated carbocycles. The average molecular weight is 419 g/mol. The van der Waals surface area contributed by atoms with Crippen molar-refractivity contribution in [3.8, 4) is 16.8 Å². The Kier molecular flexibility index (Phi) is 4.05. The minimum absolute atomic E-state index is 0.175. The van der Waals surface area contributed by atoms with Gasteiger partial charge in [-0.15, -0.1) is 0 Å². The maximum atomic E-state index is 13.9. The van der Waals surface area contributed by atoms with E-state index in [-0.39, 0.29) is 11.4 Å². The molecule has 0 fully saturated rings. The zero-order valence-corrected chi connectivity index (χ0v) is 17.3. The molecular weight excluding hydrogens is 401 g/mol. The number of aryl methyl sites for hydroxylation is 1. The lowest BCUT2D eigenvalue weighted by atomic mass is 10.0. The highest BCUT2D eigenvalue weighted by atomic mass is 19.1. The van der Waals surface area contributed by atoms with Crippen LogP contribution in [0.1, 0.15) is 16.8 Å². The van der Waals surface area contributed by atoms with Crippen molar-refractivity contribution >= 4 is 27.9 Å². The van der Waals surface area contributed by atoms with Gasteiger partial charge in [-0.1, -0.05) is 18.2 Å². The molecule has 0 atom stereocenters. The van der Waals surface area contributed by atoms with Crippen LogP contribution in [-0.2, 0) is 6.42 Å². The topological polar surface area (TPSA) is 47.8 Å². The number of benzene rings is 2. The largest absolute Gasteiger partial charge is 0.276 e. The molecule has 3 aromatic heterocycles. The first-order chi connectivity index (χ1) is 15.6. The van der Waals surface area contributed by atoms with E-state index in [1.165, 1.54) is 12.1 Å². The molecule has 4 nitrogen and oxygen atoms in total. The van der Waals surface area contributed by atoms with E-state index in [0.717, 1.165) is 50.6 Å². The molecular formula is C27H18FN3O. The van der Waals surface area contributed by atoms with E-state index in [1.54, 1.807) is 35.9 Å². The molecule has 2 aromatic carbocycles. The molecule has 5 heteroatoms. The van der Waals surface area contributed by atoms with E-state index in [9.17, 15) is 9.18 Å². The third kappa shape index (κ3) is 2.86. The molecule has 0 N–H and O–H groups in total. The average Bonchev–Trinajstić information content (AvgIpc) is 3.28. The summed E-state index contributed by atoms with van der Waals surface area (Å²) in [6.45, 7) is 1.70. The number of allylic oxidation sites excluding steroid dienone is 1. The summed E-state index contributed by atoms with van der Waals surface area (Å²) < 4.78 is 15.5. The van der Waals surface area contributed by atoms with Crippen LogP contribution >= 0.6 is 0 Å². The van der Waals surface area contributed by atoms with E-state index < -0.39 is 0 Å². The van der Waals surface area contributed by atoms with Crippen LogP contribution in [0.15, 0.2) is 77.9 Å². The van der Waals surface area contributed by atoms with E-state index >= 15 is 0 Å². The van der Waals surface area contributed by atoms with Crippen LogP contribution in [0.25, 0.3) is 44.7 Å². The van der Waals surface area contributed by atoms with Gasteiger partial charge >= 0.3 is 0 Å². The lowest BCUT2D eigenvalue weighted by Gasteiger charge is -2.14. The summed E-state index contributed by atoms with van der Waals surface area (Å²) in [6, 6.07) is 16.2. The molecule has 0 amide bonds. The second-order valence-electron chi connectivity index (χ2n) is 8.10. The van der Waals surface area contributed by atoms with Gasteiger partial charge in [0.2, 0.25) is 0 Å². The van der Waals surface area contributed by atoms with Crippen molar-refractivity contribution in [1.29, 1.82) is 0 Å². The van der Waals surface area contributed by atoms with Crippen LogP contribution in [0.4, 0.5) is 4.39 Å². The first-order valence-electron chi connectivity index (χ1n) is 10.5. The number of nitrogens with zero attached hydrogens (tertiary/aromatic N) is 3. The SMILES string of the molecule is Cc1cc(-n2c(=O)ccc3cnc4ccc(-c5cnc6c(c5)C=CC6)cc4c32)ccc1F. The Labute approximate surface area is 183 Å². The summed E-state index contributed by atoms with van der Waals surface area (Å²) in [6.07, 6.45) is 8.74. The number of hydrogen-bond donors (Lipinski definition) is 0. The normalized spacial score (nSPS) is 12.6. The van der Waals surface area contributed by atoms with Crippen LogP contribution in [0.5, 0.6) is 0 Å². The molecule has 0 saturated heterocycles. The molecule has 3 heterocycles. The number of pyridine rings is 3. The zero-order valence-electron chi connectivity index (χ0n) is 17.3. The van der Waals surface area contributed by atoms with E-state index in [0.29, 0.717) is 11.3 Å². The molecule has 32 heavy (non-hydrogen) atoms. The van der Waals surface area contributed by atoms with Gasteiger partial charge in [-0.25, -0.2) is 4.39 Å². The van der Waals surface area contributed by atoms with Crippen molar-refractivity contribution in [2.24, 2.45) is 0 Å². The molecule has 0 bridgehead atoms. The van der Waals surface area contributed by atoms with Crippen molar-refractivity contribution in [2.45, 2.75) is 13.3 Å². The van der Waals surface area contributed by atoms with Gasteiger partial charge in [-0.05, 0) is 66.1 Å². The smallest absolute Gasteiger partial charge is 0.255 e. The molecule has 0 radical (unpaired) electrons. The summed E-state index contributed by atoms with van der Waals surface area (Å²) >= 11 is 0. The summed E-state index contributed by atoms with van der Waals surface area (Å²) in [5, 5.41) is 1.70. The third-order valence-corrected chi connectivity index (χ3v) is 6.06. The highest BCUT2D eigenvalue weighted by Gasteiger charge is 2.14. The van der Waals surface area contributed by atoms with Crippen molar-refractivity contribution < 1.29 is 4.39 Å². The Morgan fingerprint density at radius 1 is 0.938 bits per heavy atom. The minimum Gasteiger partial charge on any atom is -0.276 e. The summed E-state index contributed by atoms with van der Waals surface area (Å²) in [7, 11) is 0. The van der Waals surface area contributed by atoms with Crippen LogP contribution in [0, 0.1) is 12.7 Å². The lowest BCUT2D eigenvalue weighted by molar-refractivity contribution is 0.618. The first kappa shape index (κ1) is 18.6. The number of aromatic nitrogens is 3. The quantitative estimate of drug-likeness (QED) is 0.349. The van der Waals surface area contributed by atoms with Gasteiger partial charge in [0.25, 0.3) is 5.56 Å². The Morgan fingerprint density at radius 3 is 2.72 bits per heavy atom. The number of rotatable bonds is 2. The van der Waals surface area contributed by atoms with Crippen molar-refractivity contribution in [2.75, 3.05) is 0 Å². The fourth-order valence-electron chi connectivity index (χ4n) is 4.40. The van der Waals surface area contributed by atoms with Crippen molar-refractivity contribution in [1.82, 2.24) is 14.5 Å². The molecule has 5 aromatic rings.